The van der Waals surface area contributed by atoms with Gasteiger partial charge in [-0.15, -0.1) is 0 Å². The average molecular weight is 151 g/mol. The monoisotopic (exact) mass is 151 g/mol. The van der Waals surface area contributed by atoms with Gasteiger partial charge in [0.05, 0.1) is 0 Å². The predicted molar refractivity (Wildman–Crippen MR) is 28.6 cm³/mol. The summed E-state index contributed by atoms with van der Waals surface area (Å²) in [5.74, 6) is 0. The number of hydrogen-bond donors (Lipinski definition) is 1. The zero-order valence-electron chi connectivity index (χ0n) is 3.46. The van der Waals surface area contributed by atoms with Gasteiger partial charge in [0.1, 0.15) is 0 Å². The fraction of sp³-hybridized carbons (Fsp3) is 0. The Balaban J connectivity index is 0. The molecule has 0 aliphatic rings. The molecule has 0 saturated carbocycles. The van der Waals surface area contributed by atoms with Crippen LogP contribution in [0.15, 0.2) is 0 Å². The summed E-state index contributed by atoms with van der Waals surface area (Å²) in [5.41, 5.74) is 0. The molecule has 0 aromatic rings. The molecule has 0 radical (unpaired) electrons. The van der Waals surface area contributed by atoms with E-state index in [1.807, 2.05) is 0 Å². The second-order valence-corrected chi connectivity index (χ2v) is 0. The van der Waals surface area contributed by atoms with Gasteiger partial charge in [0.2, 0.25) is 0 Å². The van der Waals surface area contributed by atoms with E-state index >= 15 is 0 Å². The van der Waals surface area contributed by atoms with E-state index in [9.17, 15) is 0 Å². The van der Waals surface area contributed by atoms with Gasteiger partial charge in [-0.1, -0.05) is 0 Å². The van der Waals surface area contributed by atoms with Gasteiger partial charge in [-0.3, -0.25) is 23.5 Å². The second-order valence-electron chi connectivity index (χ2n) is 0. The summed E-state index contributed by atoms with van der Waals surface area (Å²) in [5, 5.41) is 0. The Morgan fingerprint density at radius 1 is 0.429 bits per heavy atom. The molecule has 7 heteroatoms. The maximum absolute atomic E-state index is 0. The maximum Gasteiger partial charge on any atom is -0.153 e. The molecule has 0 fully saturated rings. The van der Waals surface area contributed by atoms with Crippen molar-refractivity contribution in [1.82, 2.24) is 6.15 Å². The lowest BCUT2D eigenvalue weighted by molar-refractivity contribution is 1.11. The lowest BCUT2D eigenvalue weighted by Gasteiger charge is -0.344. The highest BCUT2D eigenvalue weighted by molar-refractivity contribution is 6.92. The summed E-state index contributed by atoms with van der Waals surface area (Å²) in [6, 6.07) is 0. The van der Waals surface area contributed by atoms with Gasteiger partial charge in [-0.05, 0) is 0 Å². The summed E-state index contributed by atoms with van der Waals surface area (Å²) >= 11 is 0. The van der Waals surface area contributed by atoms with Crippen molar-refractivity contribution in [2.75, 3.05) is 0 Å². The van der Waals surface area contributed by atoms with Gasteiger partial charge in [0.25, 0.3) is 0 Å². The summed E-state index contributed by atoms with van der Waals surface area (Å²) in [6.07, 6.45) is 0. The van der Waals surface area contributed by atoms with Gasteiger partial charge < -0.3 is 6.15 Å². The van der Waals surface area contributed by atoms with Crippen LogP contribution < -0.4 is 6.15 Å². The molecule has 0 heterocycles. The van der Waals surface area contributed by atoms with Crippen LogP contribution in [0.3, 0.4) is 0 Å². The molecule has 3 N–H and O–H groups in total. The van der Waals surface area contributed by atoms with Crippen molar-refractivity contribution >= 4 is 9.90 Å². The molecule has 0 saturated heterocycles. The summed E-state index contributed by atoms with van der Waals surface area (Å²) in [4.78, 5) is 0. The number of rotatable bonds is 0. The van der Waals surface area contributed by atoms with E-state index in [1.165, 1.54) is 0 Å². The smallest absolute Gasteiger partial charge is 0.153 e. The standard InChI is InChI=1S/5FH.H3N.H3P/h5*1H;2*1H3. The van der Waals surface area contributed by atoms with E-state index in [2.05, 4.69) is 0 Å². The van der Waals surface area contributed by atoms with Crippen molar-refractivity contribution < 1.29 is 23.5 Å². The number of halogens is 5. The molecule has 0 bridgehead atoms. The third-order valence-electron chi connectivity index (χ3n) is 0. The molecule has 0 rings (SSSR count). The van der Waals surface area contributed by atoms with E-state index < -0.39 is 0 Å². The van der Waals surface area contributed by atoms with Crippen molar-refractivity contribution in [3.05, 3.63) is 0 Å². The molecule has 0 amide bonds. The van der Waals surface area contributed by atoms with Crippen molar-refractivity contribution in [3.8, 4) is 0 Å². The molecule has 0 aliphatic carbocycles. The van der Waals surface area contributed by atoms with E-state index in [0.717, 1.165) is 0 Å². The molecule has 1 unspecified atom stereocenters. The first-order valence-corrected chi connectivity index (χ1v) is 0. The zero-order chi connectivity index (χ0) is 0. The fourth-order valence-electron chi connectivity index (χ4n) is 0. The van der Waals surface area contributed by atoms with Gasteiger partial charge in [-0.25, -0.2) is 0 Å². The van der Waals surface area contributed by atoms with Crippen molar-refractivity contribution in [1.29, 1.82) is 0 Å². The minimum atomic E-state index is 0. The normalized spacial score (nSPS) is 0. The van der Waals surface area contributed by atoms with Crippen LogP contribution in [0, 0.1) is 0 Å². The van der Waals surface area contributed by atoms with Gasteiger partial charge in [0, 0.05) is 0 Å². The first kappa shape index (κ1) is 161000. The molecule has 0 aromatic heterocycles. The Morgan fingerprint density at radius 3 is 0.429 bits per heavy atom. The first-order chi connectivity index (χ1) is 0. The van der Waals surface area contributed by atoms with E-state index in [4.69, 9.17) is 0 Å². The van der Waals surface area contributed by atoms with Crippen LogP contribution in [-0.4, -0.2) is 0 Å². The summed E-state index contributed by atoms with van der Waals surface area (Å²) in [7, 11) is 0. The zero-order valence-corrected chi connectivity index (χ0v) is 4.87. The van der Waals surface area contributed by atoms with E-state index in [1.54, 1.807) is 0 Å². The van der Waals surface area contributed by atoms with Crippen molar-refractivity contribution in [3.63, 3.8) is 0 Å². The van der Waals surface area contributed by atoms with Crippen LogP contribution in [0.1, 0.15) is 0 Å². The Bertz CT molecular complexity index is 8.04. The Hall–Kier alpha value is 0.0400. The quantitative estimate of drug-likeness (QED) is 0.406. The second kappa shape index (κ2) is 95900. The molecular formula is H11F5NP. The fourth-order valence-corrected chi connectivity index (χ4v) is 0. The topological polar surface area (TPSA) is 35.0 Å². The first-order valence-electron chi connectivity index (χ1n) is 0. The minimum absolute atomic E-state index is 0. The van der Waals surface area contributed by atoms with Crippen LogP contribution in [0.2, 0.25) is 0 Å². The van der Waals surface area contributed by atoms with Crippen molar-refractivity contribution in [2.24, 2.45) is 0 Å². The Morgan fingerprint density at radius 2 is 0.429 bits per heavy atom. The highest BCUT2D eigenvalue weighted by Gasteiger charge is -0.153. The molecule has 1 nitrogen and oxygen atoms in total. The Kier molecular flexibility index (Phi) is 2200000000. The molecule has 56 valence electrons. The SMILES string of the molecule is F.F.F.F.F.N.P. The highest BCUT2D eigenvalue weighted by atomic mass is 31.0. The molecular weight excluding hydrogens is 140 g/mol. The highest BCUT2D eigenvalue weighted by Crippen LogP contribution is 0.861. The van der Waals surface area contributed by atoms with E-state index in [-0.39, 0.29) is 39.6 Å². The lowest BCUT2D eigenvalue weighted by Crippen LogP contribution is -0.481. The Labute approximate surface area is 40.9 Å². The molecule has 7 heavy (non-hydrogen) atoms. The number of hydrogen-bond acceptors (Lipinski definition) is 1. The minimum Gasteiger partial charge on any atom is -0.344 e. The molecule has 0 aromatic carbocycles. The average Bonchev–Trinajstić information content (AvgIpc) is 0. The predicted octanol–water partition coefficient (Wildman–Crippen LogP) is 0.983. The third kappa shape index (κ3) is 61600. The van der Waals surface area contributed by atoms with Crippen LogP contribution >= 0.6 is 9.90 Å². The lowest BCUT2D eigenvalue weighted by atomic mass is 14.0. The third-order valence-corrected chi connectivity index (χ3v) is 0. The van der Waals surface area contributed by atoms with Crippen LogP contribution in [0.25, 0.3) is 0 Å². The largest absolute Gasteiger partial charge is 0.344 e. The van der Waals surface area contributed by atoms with Gasteiger partial charge in [-0.2, -0.15) is 9.90 Å². The molecule has 0 spiro atoms. The van der Waals surface area contributed by atoms with Gasteiger partial charge in [0.15, 0.2) is 0 Å². The van der Waals surface area contributed by atoms with Crippen LogP contribution in [0.4, 0.5) is 23.5 Å². The van der Waals surface area contributed by atoms with Gasteiger partial charge >= 0.3 is 0 Å². The molecule has 0 aliphatic heterocycles. The summed E-state index contributed by atoms with van der Waals surface area (Å²) < 4.78 is 0. The van der Waals surface area contributed by atoms with E-state index in [0.29, 0.717) is 0 Å². The summed E-state index contributed by atoms with van der Waals surface area (Å²) in [6.45, 7) is 0. The maximum atomic E-state index is 0. The van der Waals surface area contributed by atoms with Crippen LogP contribution in [0.5, 0.6) is 0 Å². The van der Waals surface area contributed by atoms with Crippen LogP contribution in [-0.2, 0) is 0 Å². The molecule has 1 atom stereocenters. The van der Waals surface area contributed by atoms with Crippen molar-refractivity contribution in [2.45, 2.75) is 0 Å².